The van der Waals surface area contributed by atoms with Crippen LogP contribution < -0.4 is 5.73 Å². The van der Waals surface area contributed by atoms with Crippen LogP contribution in [0.2, 0.25) is 5.02 Å². The van der Waals surface area contributed by atoms with Crippen molar-refractivity contribution in [2.75, 3.05) is 0 Å². The highest BCUT2D eigenvalue weighted by Crippen LogP contribution is 2.22. The molecule has 1 aromatic heterocycles. The van der Waals surface area contributed by atoms with Crippen LogP contribution in [0.5, 0.6) is 0 Å². The Morgan fingerprint density at radius 3 is 2.53 bits per heavy atom. The van der Waals surface area contributed by atoms with Crippen molar-refractivity contribution in [1.29, 1.82) is 0 Å². The summed E-state index contributed by atoms with van der Waals surface area (Å²) in [6.07, 6.45) is 0. The first kappa shape index (κ1) is 10.2. The average Bonchev–Trinajstić information content (AvgIpc) is 2.68. The second-order valence-corrected chi connectivity index (χ2v) is 3.85. The van der Waals surface area contributed by atoms with Crippen molar-refractivity contribution < 1.29 is 4.52 Å². The fourth-order valence-electron chi connectivity index (χ4n) is 1.26. The summed E-state index contributed by atoms with van der Waals surface area (Å²) < 4.78 is 5.10. The van der Waals surface area contributed by atoms with Crippen LogP contribution in [0, 0.1) is 0 Å². The zero-order valence-electron chi connectivity index (χ0n) is 8.27. The third kappa shape index (κ3) is 2.19. The standard InChI is InChI=1S/C11H11ClN2O/c1-7(13)11-6-10(14-15-11)8-2-4-9(12)5-3-8/h2-7H,13H2,1H3. The van der Waals surface area contributed by atoms with Gasteiger partial charge >= 0.3 is 0 Å². The van der Waals surface area contributed by atoms with Crippen molar-refractivity contribution in [2.24, 2.45) is 5.73 Å². The Balaban J connectivity index is 2.33. The van der Waals surface area contributed by atoms with E-state index in [1.807, 2.05) is 37.3 Å². The molecule has 2 N–H and O–H groups in total. The molecule has 2 rings (SSSR count). The normalized spacial score (nSPS) is 12.7. The smallest absolute Gasteiger partial charge is 0.153 e. The molecule has 0 fully saturated rings. The number of hydrogen-bond acceptors (Lipinski definition) is 3. The van der Waals surface area contributed by atoms with Crippen LogP contribution in [0.3, 0.4) is 0 Å². The average molecular weight is 223 g/mol. The number of rotatable bonds is 2. The number of aromatic nitrogens is 1. The van der Waals surface area contributed by atoms with Crippen LogP contribution >= 0.6 is 11.6 Å². The molecular weight excluding hydrogens is 212 g/mol. The lowest BCUT2D eigenvalue weighted by Gasteiger charge is -1.95. The predicted octanol–water partition coefficient (Wildman–Crippen LogP) is 3.01. The minimum atomic E-state index is -0.140. The van der Waals surface area contributed by atoms with Gasteiger partial charge in [0.1, 0.15) is 5.69 Å². The van der Waals surface area contributed by atoms with E-state index in [-0.39, 0.29) is 6.04 Å². The van der Waals surface area contributed by atoms with Crippen LogP contribution in [0.4, 0.5) is 0 Å². The van der Waals surface area contributed by atoms with E-state index < -0.39 is 0 Å². The van der Waals surface area contributed by atoms with Gasteiger partial charge < -0.3 is 10.3 Å². The number of nitrogens with zero attached hydrogens (tertiary/aromatic N) is 1. The van der Waals surface area contributed by atoms with Gasteiger partial charge in [-0.25, -0.2) is 0 Å². The van der Waals surface area contributed by atoms with Gasteiger partial charge in [0.2, 0.25) is 0 Å². The van der Waals surface area contributed by atoms with Crippen molar-refractivity contribution in [2.45, 2.75) is 13.0 Å². The first-order chi connectivity index (χ1) is 7.16. The lowest BCUT2D eigenvalue weighted by molar-refractivity contribution is 0.369. The Labute approximate surface area is 92.8 Å². The first-order valence-electron chi connectivity index (χ1n) is 4.65. The Bertz CT molecular complexity index is 448. The number of hydrogen-bond donors (Lipinski definition) is 1. The second kappa shape index (κ2) is 4.04. The van der Waals surface area contributed by atoms with Crippen LogP contribution in [-0.4, -0.2) is 5.16 Å². The summed E-state index contributed by atoms with van der Waals surface area (Å²) in [5.41, 5.74) is 7.42. The van der Waals surface area contributed by atoms with E-state index in [1.54, 1.807) is 0 Å². The number of nitrogens with two attached hydrogens (primary N) is 1. The van der Waals surface area contributed by atoms with E-state index in [1.165, 1.54) is 0 Å². The summed E-state index contributed by atoms with van der Waals surface area (Å²) in [4.78, 5) is 0. The molecule has 1 heterocycles. The topological polar surface area (TPSA) is 52.0 Å². The molecule has 0 spiro atoms. The first-order valence-corrected chi connectivity index (χ1v) is 5.03. The molecule has 0 amide bonds. The Kier molecular flexibility index (Phi) is 2.75. The quantitative estimate of drug-likeness (QED) is 0.850. The predicted molar refractivity (Wildman–Crippen MR) is 59.6 cm³/mol. The molecule has 1 aromatic carbocycles. The Hall–Kier alpha value is -1.32. The largest absolute Gasteiger partial charge is 0.359 e. The zero-order chi connectivity index (χ0) is 10.8. The lowest BCUT2D eigenvalue weighted by Crippen LogP contribution is -2.02. The summed E-state index contributed by atoms with van der Waals surface area (Å²) in [7, 11) is 0. The SMILES string of the molecule is CC(N)c1cc(-c2ccc(Cl)cc2)no1. The van der Waals surface area contributed by atoms with Crippen molar-refractivity contribution >= 4 is 11.6 Å². The van der Waals surface area contributed by atoms with Crippen molar-refractivity contribution in [3.05, 3.63) is 41.1 Å². The van der Waals surface area contributed by atoms with Gasteiger partial charge in [-0.2, -0.15) is 0 Å². The molecule has 0 saturated carbocycles. The minimum Gasteiger partial charge on any atom is -0.359 e. The van der Waals surface area contributed by atoms with Gasteiger partial charge in [0.25, 0.3) is 0 Å². The molecule has 0 aliphatic rings. The summed E-state index contributed by atoms with van der Waals surface area (Å²) in [6.45, 7) is 1.85. The molecule has 4 heteroatoms. The van der Waals surface area contributed by atoms with E-state index in [4.69, 9.17) is 21.9 Å². The highest BCUT2D eigenvalue weighted by Gasteiger charge is 2.09. The molecule has 0 bridgehead atoms. The molecule has 0 saturated heterocycles. The molecule has 0 aliphatic heterocycles. The van der Waals surface area contributed by atoms with Crippen molar-refractivity contribution in [3.8, 4) is 11.3 Å². The van der Waals surface area contributed by atoms with Gasteiger partial charge in [0.15, 0.2) is 5.76 Å². The summed E-state index contributed by atoms with van der Waals surface area (Å²) in [6, 6.07) is 9.12. The molecule has 1 unspecified atom stereocenters. The highest BCUT2D eigenvalue weighted by molar-refractivity contribution is 6.30. The van der Waals surface area contributed by atoms with Crippen LogP contribution in [-0.2, 0) is 0 Å². The third-order valence-electron chi connectivity index (χ3n) is 2.12. The highest BCUT2D eigenvalue weighted by atomic mass is 35.5. The maximum absolute atomic E-state index is 5.79. The van der Waals surface area contributed by atoms with Gasteiger partial charge in [-0.05, 0) is 19.1 Å². The van der Waals surface area contributed by atoms with Gasteiger partial charge in [-0.3, -0.25) is 0 Å². The Morgan fingerprint density at radius 2 is 2.00 bits per heavy atom. The molecule has 3 nitrogen and oxygen atoms in total. The van der Waals surface area contributed by atoms with Crippen LogP contribution in [0.25, 0.3) is 11.3 Å². The molecule has 0 aliphatic carbocycles. The Morgan fingerprint density at radius 1 is 1.33 bits per heavy atom. The van der Waals surface area contributed by atoms with E-state index in [0.717, 1.165) is 11.3 Å². The molecule has 15 heavy (non-hydrogen) atoms. The summed E-state index contributed by atoms with van der Waals surface area (Å²) >= 11 is 5.79. The van der Waals surface area contributed by atoms with E-state index in [2.05, 4.69) is 5.16 Å². The van der Waals surface area contributed by atoms with Gasteiger partial charge in [0.05, 0.1) is 6.04 Å². The minimum absolute atomic E-state index is 0.140. The van der Waals surface area contributed by atoms with Crippen molar-refractivity contribution in [3.63, 3.8) is 0 Å². The molecule has 0 radical (unpaired) electrons. The maximum Gasteiger partial charge on any atom is 0.153 e. The van der Waals surface area contributed by atoms with Crippen LogP contribution in [0.15, 0.2) is 34.9 Å². The number of benzene rings is 1. The van der Waals surface area contributed by atoms with E-state index in [9.17, 15) is 0 Å². The maximum atomic E-state index is 5.79. The fourth-order valence-corrected chi connectivity index (χ4v) is 1.39. The molecule has 1 atom stereocenters. The van der Waals surface area contributed by atoms with Gasteiger partial charge in [0, 0.05) is 16.7 Å². The molecular formula is C11H11ClN2O. The molecule has 2 aromatic rings. The third-order valence-corrected chi connectivity index (χ3v) is 2.37. The molecule has 78 valence electrons. The monoisotopic (exact) mass is 222 g/mol. The zero-order valence-corrected chi connectivity index (χ0v) is 9.03. The summed E-state index contributed by atoms with van der Waals surface area (Å²) in [5.74, 6) is 0.681. The lowest BCUT2D eigenvalue weighted by atomic mass is 10.1. The van der Waals surface area contributed by atoms with Gasteiger partial charge in [-0.1, -0.05) is 28.9 Å². The van der Waals surface area contributed by atoms with Crippen molar-refractivity contribution in [1.82, 2.24) is 5.16 Å². The summed E-state index contributed by atoms with van der Waals surface area (Å²) in [5, 5.41) is 4.64. The van der Waals surface area contributed by atoms with E-state index in [0.29, 0.717) is 10.8 Å². The van der Waals surface area contributed by atoms with E-state index >= 15 is 0 Å². The number of halogens is 1. The fraction of sp³-hybridized carbons (Fsp3) is 0.182. The van der Waals surface area contributed by atoms with Crippen LogP contribution in [0.1, 0.15) is 18.7 Å². The second-order valence-electron chi connectivity index (χ2n) is 3.41. The van der Waals surface area contributed by atoms with Gasteiger partial charge in [-0.15, -0.1) is 0 Å².